The number of ether oxygens (including phenoxy) is 1. The number of nitrogens with zero attached hydrogens (tertiary/aromatic N) is 2. The molecule has 1 saturated heterocycles. The van der Waals surface area contributed by atoms with E-state index in [1.54, 1.807) is 0 Å². The van der Waals surface area contributed by atoms with E-state index in [9.17, 15) is 4.79 Å². The number of morpholine rings is 1. The molecule has 1 atom stereocenters. The number of hydrogen-bond acceptors (Lipinski definition) is 3. The Labute approximate surface area is 148 Å². The molecule has 25 heavy (non-hydrogen) atoms. The van der Waals surface area contributed by atoms with E-state index in [1.807, 2.05) is 36.2 Å². The van der Waals surface area contributed by atoms with Crippen molar-refractivity contribution in [2.75, 3.05) is 26.2 Å². The van der Waals surface area contributed by atoms with Crippen LogP contribution in [0.4, 0.5) is 4.79 Å². The van der Waals surface area contributed by atoms with Crippen LogP contribution in [0.1, 0.15) is 23.2 Å². The molecule has 1 aliphatic rings. The third-order valence-corrected chi connectivity index (χ3v) is 4.57. The van der Waals surface area contributed by atoms with E-state index < -0.39 is 0 Å². The van der Waals surface area contributed by atoms with Gasteiger partial charge >= 0.3 is 6.03 Å². The predicted octanol–water partition coefficient (Wildman–Crippen LogP) is 2.30. The number of urea groups is 1. The van der Waals surface area contributed by atoms with Gasteiger partial charge in [0.15, 0.2) is 0 Å². The number of benzene rings is 1. The summed E-state index contributed by atoms with van der Waals surface area (Å²) in [6.45, 7) is 4.57. The minimum atomic E-state index is 0.00489. The van der Waals surface area contributed by atoms with Gasteiger partial charge < -0.3 is 15.0 Å². The summed E-state index contributed by atoms with van der Waals surface area (Å²) in [4.78, 5) is 14.2. The molecule has 0 saturated carbocycles. The zero-order chi connectivity index (χ0) is 17.5. The summed E-state index contributed by atoms with van der Waals surface area (Å²) in [5.41, 5.74) is 3.55. The summed E-state index contributed by atoms with van der Waals surface area (Å²) in [6.07, 6.45) is 4.58. The largest absolute Gasteiger partial charge is 0.374 e. The number of aromatic nitrogens is 2. The highest BCUT2D eigenvalue weighted by molar-refractivity contribution is 5.74. The molecule has 2 aromatic rings. The summed E-state index contributed by atoms with van der Waals surface area (Å²) in [6, 6.07) is 10.3. The van der Waals surface area contributed by atoms with Gasteiger partial charge in [-0.3, -0.25) is 5.10 Å². The van der Waals surface area contributed by atoms with Gasteiger partial charge in [-0.25, -0.2) is 4.79 Å². The van der Waals surface area contributed by atoms with Crippen LogP contribution in [0.5, 0.6) is 0 Å². The quantitative estimate of drug-likeness (QED) is 0.792. The second-order valence-electron chi connectivity index (χ2n) is 6.48. The highest BCUT2D eigenvalue weighted by atomic mass is 16.5. The number of nitrogens with one attached hydrogen (secondary N) is 2. The van der Waals surface area contributed by atoms with Gasteiger partial charge in [0.05, 0.1) is 18.9 Å². The highest BCUT2D eigenvalue weighted by Gasteiger charge is 2.24. The van der Waals surface area contributed by atoms with Crippen LogP contribution in [0, 0.1) is 6.92 Å². The summed E-state index contributed by atoms with van der Waals surface area (Å²) >= 11 is 0. The lowest BCUT2D eigenvalue weighted by Gasteiger charge is -2.33. The van der Waals surface area contributed by atoms with Gasteiger partial charge in [-0.1, -0.05) is 30.3 Å². The van der Waals surface area contributed by atoms with Crippen LogP contribution in [0.2, 0.25) is 0 Å². The Kier molecular flexibility index (Phi) is 6.06. The van der Waals surface area contributed by atoms with Gasteiger partial charge in [0.25, 0.3) is 0 Å². The van der Waals surface area contributed by atoms with Crippen LogP contribution in [-0.4, -0.2) is 53.5 Å². The summed E-state index contributed by atoms with van der Waals surface area (Å²) in [5.74, 6) is 0. The predicted molar refractivity (Wildman–Crippen MR) is 96.5 cm³/mol. The molecule has 0 aliphatic carbocycles. The molecule has 6 heteroatoms. The number of hydrogen-bond donors (Lipinski definition) is 2. The number of aryl methyl sites for hydroxylation is 2. The highest BCUT2D eigenvalue weighted by Crippen LogP contribution is 2.12. The molecular formula is C19H26N4O2. The number of carbonyl (C=O) groups excluding carboxylic acids is 1. The Morgan fingerprint density at radius 3 is 3.00 bits per heavy atom. The van der Waals surface area contributed by atoms with Gasteiger partial charge in [0.1, 0.15) is 0 Å². The lowest BCUT2D eigenvalue weighted by atomic mass is 10.1. The summed E-state index contributed by atoms with van der Waals surface area (Å²) in [5, 5.41) is 9.97. The molecule has 0 spiro atoms. The van der Waals surface area contributed by atoms with Crippen molar-refractivity contribution in [2.24, 2.45) is 0 Å². The smallest absolute Gasteiger partial charge is 0.317 e. The van der Waals surface area contributed by atoms with Crippen molar-refractivity contribution in [3.8, 4) is 0 Å². The second-order valence-corrected chi connectivity index (χ2v) is 6.48. The molecule has 6 nitrogen and oxygen atoms in total. The van der Waals surface area contributed by atoms with Gasteiger partial charge in [0, 0.05) is 31.7 Å². The van der Waals surface area contributed by atoms with E-state index in [0.717, 1.165) is 25.0 Å². The lowest BCUT2D eigenvalue weighted by molar-refractivity contribution is -0.0132. The zero-order valence-corrected chi connectivity index (χ0v) is 14.7. The first-order chi connectivity index (χ1) is 12.2. The number of amides is 2. The third kappa shape index (κ3) is 5.06. The molecule has 134 valence electrons. The Morgan fingerprint density at radius 1 is 1.40 bits per heavy atom. The fourth-order valence-electron chi connectivity index (χ4n) is 3.12. The second kappa shape index (κ2) is 8.67. The lowest BCUT2D eigenvalue weighted by Crippen LogP contribution is -2.50. The molecule has 1 aromatic carbocycles. The maximum absolute atomic E-state index is 12.4. The van der Waals surface area contributed by atoms with Crippen molar-refractivity contribution in [1.82, 2.24) is 20.4 Å². The minimum Gasteiger partial charge on any atom is -0.374 e. The number of rotatable bonds is 6. The van der Waals surface area contributed by atoms with Crippen LogP contribution in [0.3, 0.4) is 0 Å². The van der Waals surface area contributed by atoms with Crippen molar-refractivity contribution in [3.05, 3.63) is 53.3 Å². The number of H-pyrrole nitrogens is 1. The molecule has 1 aliphatic heterocycles. The number of aromatic amines is 1. The Hall–Kier alpha value is -2.34. The van der Waals surface area contributed by atoms with Gasteiger partial charge in [-0.15, -0.1) is 0 Å². The van der Waals surface area contributed by atoms with E-state index in [0.29, 0.717) is 26.2 Å². The van der Waals surface area contributed by atoms with E-state index in [2.05, 4.69) is 27.6 Å². The summed E-state index contributed by atoms with van der Waals surface area (Å²) < 4.78 is 5.82. The molecule has 2 N–H and O–H groups in total. The fraction of sp³-hybridized carbons (Fsp3) is 0.474. The van der Waals surface area contributed by atoms with E-state index >= 15 is 0 Å². The van der Waals surface area contributed by atoms with Gasteiger partial charge in [0.2, 0.25) is 0 Å². The maximum atomic E-state index is 12.4. The molecule has 1 aromatic heterocycles. The molecule has 1 fully saturated rings. The minimum absolute atomic E-state index is 0.00489. The molecule has 3 rings (SSSR count). The molecular weight excluding hydrogens is 316 g/mol. The molecule has 0 unspecified atom stereocenters. The van der Waals surface area contributed by atoms with Crippen molar-refractivity contribution >= 4 is 6.03 Å². The van der Waals surface area contributed by atoms with Crippen LogP contribution in [0.15, 0.2) is 36.5 Å². The van der Waals surface area contributed by atoms with E-state index in [4.69, 9.17) is 4.74 Å². The third-order valence-electron chi connectivity index (χ3n) is 4.57. The first-order valence-corrected chi connectivity index (χ1v) is 8.89. The monoisotopic (exact) mass is 342 g/mol. The van der Waals surface area contributed by atoms with E-state index in [1.165, 1.54) is 11.1 Å². The van der Waals surface area contributed by atoms with Gasteiger partial charge in [-0.2, -0.15) is 5.10 Å². The van der Waals surface area contributed by atoms with Crippen molar-refractivity contribution in [1.29, 1.82) is 0 Å². The van der Waals surface area contributed by atoms with Gasteiger partial charge in [-0.05, 0) is 30.9 Å². The van der Waals surface area contributed by atoms with Crippen molar-refractivity contribution < 1.29 is 9.53 Å². The average Bonchev–Trinajstić information content (AvgIpc) is 3.04. The first kappa shape index (κ1) is 17.5. The zero-order valence-electron chi connectivity index (χ0n) is 14.7. The number of carbonyl (C=O) groups is 1. The first-order valence-electron chi connectivity index (χ1n) is 8.89. The van der Waals surface area contributed by atoms with Crippen LogP contribution in [-0.2, 0) is 17.6 Å². The van der Waals surface area contributed by atoms with Crippen LogP contribution < -0.4 is 5.32 Å². The molecule has 2 heterocycles. The Bertz CT molecular complexity index is 671. The van der Waals surface area contributed by atoms with Crippen LogP contribution >= 0.6 is 0 Å². The molecule has 0 bridgehead atoms. The Balaban J connectivity index is 1.40. The Morgan fingerprint density at radius 2 is 2.24 bits per heavy atom. The van der Waals surface area contributed by atoms with E-state index in [-0.39, 0.29) is 12.1 Å². The van der Waals surface area contributed by atoms with Crippen molar-refractivity contribution in [2.45, 2.75) is 32.3 Å². The fourth-order valence-corrected chi connectivity index (χ4v) is 3.12. The molecule has 2 amide bonds. The topological polar surface area (TPSA) is 70.2 Å². The average molecular weight is 342 g/mol. The normalized spacial score (nSPS) is 17.5. The molecule has 0 radical (unpaired) electrons. The standard InChI is InChI=1S/C19H26N4O2/c1-15-17(13-21-22-15)8-5-9-20-19(24)23-10-11-25-18(14-23)12-16-6-3-2-4-7-16/h2-4,6-7,13,18H,5,8-12,14H2,1H3,(H,20,24)(H,21,22)/t18-/m0/s1. The summed E-state index contributed by atoms with van der Waals surface area (Å²) in [7, 11) is 0. The van der Waals surface area contributed by atoms with Crippen molar-refractivity contribution in [3.63, 3.8) is 0 Å². The van der Waals surface area contributed by atoms with Crippen LogP contribution in [0.25, 0.3) is 0 Å². The maximum Gasteiger partial charge on any atom is 0.317 e. The SMILES string of the molecule is Cc1[nH]ncc1CCCNC(=O)N1CCO[C@@H](Cc2ccccc2)C1.